The molecule has 1 fully saturated rings. The number of hydrogen-bond acceptors (Lipinski definition) is 5. The first-order valence-corrected chi connectivity index (χ1v) is 11.9. The number of ether oxygens (including phenoxy) is 2. The van der Waals surface area contributed by atoms with Gasteiger partial charge in [0.05, 0.1) is 26.2 Å². The standard InChI is InChI=1S/C22H27ClN2O5S/c1-15(16-6-8-18(23)9-7-16)24-22(26)17-5-4-12-25(14-17)31(27,28)21-13-19(29-2)10-11-20(21)30-3/h6-11,13,15,17H,4-5,12,14H2,1-3H3,(H,24,26)/t15-,17-/m0/s1. The maximum absolute atomic E-state index is 13.3. The van der Waals surface area contributed by atoms with Crippen molar-refractivity contribution in [2.75, 3.05) is 27.3 Å². The molecule has 0 bridgehead atoms. The van der Waals surface area contributed by atoms with Gasteiger partial charge in [-0.2, -0.15) is 4.31 Å². The van der Waals surface area contributed by atoms with E-state index in [-0.39, 0.29) is 29.1 Å². The highest BCUT2D eigenvalue weighted by Crippen LogP contribution is 2.33. The van der Waals surface area contributed by atoms with Crippen LogP contribution in [0.15, 0.2) is 47.4 Å². The van der Waals surface area contributed by atoms with Crippen LogP contribution in [0, 0.1) is 5.92 Å². The molecule has 0 radical (unpaired) electrons. The number of nitrogens with zero attached hydrogens (tertiary/aromatic N) is 1. The van der Waals surface area contributed by atoms with Crippen LogP contribution in [0.3, 0.4) is 0 Å². The molecule has 0 spiro atoms. The fraction of sp³-hybridized carbons (Fsp3) is 0.409. The van der Waals surface area contributed by atoms with E-state index in [0.717, 1.165) is 5.56 Å². The summed E-state index contributed by atoms with van der Waals surface area (Å²) in [6, 6.07) is 11.7. The van der Waals surface area contributed by atoms with Gasteiger partial charge in [-0.25, -0.2) is 8.42 Å². The number of hydrogen-bond donors (Lipinski definition) is 1. The smallest absolute Gasteiger partial charge is 0.246 e. The molecule has 1 aliphatic rings. The van der Waals surface area contributed by atoms with Gasteiger partial charge in [0.15, 0.2) is 0 Å². The second-order valence-corrected chi connectivity index (χ2v) is 9.84. The maximum Gasteiger partial charge on any atom is 0.246 e. The van der Waals surface area contributed by atoms with Gasteiger partial charge in [0.2, 0.25) is 15.9 Å². The lowest BCUT2D eigenvalue weighted by Gasteiger charge is -2.32. The Labute approximate surface area is 188 Å². The van der Waals surface area contributed by atoms with Crippen molar-refractivity contribution in [3.63, 3.8) is 0 Å². The Kier molecular flexibility index (Phi) is 7.46. The zero-order chi connectivity index (χ0) is 22.6. The molecule has 0 saturated carbocycles. The third-order valence-electron chi connectivity index (χ3n) is 5.47. The van der Waals surface area contributed by atoms with Crippen LogP contribution >= 0.6 is 11.6 Å². The van der Waals surface area contributed by atoms with Crippen molar-refractivity contribution in [3.8, 4) is 11.5 Å². The summed E-state index contributed by atoms with van der Waals surface area (Å²) in [4.78, 5) is 12.9. The highest BCUT2D eigenvalue weighted by Gasteiger charge is 2.35. The first kappa shape index (κ1) is 23.4. The SMILES string of the molecule is COc1ccc(OC)c(S(=O)(=O)N2CCC[C@H](C(=O)N[C@@H](C)c3ccc(Cl)cc3)C2)c1. The molecule has 1 heterocycles. The zero-order valence-electron chi connectivity index (χ0n) is 17.8. The molecule has 0 unspecified atom stereocenters. The largest absolute Gasteiger partial charge is 0.497 e. The molecule has 2 aromatic rings. The summed E-state index contributed by atoms with van der Waals surface area (Å²) >= 11 is 5.93. The molecule has 2 atom stereocenters. The minimum atomic E-state index is -3.86. The minimum Gasteiger partial charge on any atom is -0.497 e. The van der Waals surface area contributed by atoms with Crippen molar-refractivity contribution >= 4 is 27.5 Å². The molecule has 1 saturated heterocycles. The Balaban J connectivity index is 1.75. The van der Waals surface area contributed by atoms with Crippen molar-refractivity contribution in [1.82, 2.24) is 9.62 Å². The Morgan fingerprint density at radius 2 is 1.87 bits per heavy atom. The van der Waals surface area contributed by atoms with E-state index >= 15 is 0 Å². The van der Waals surface area contributed by atoms with E-state index in [1.165, 1.54) is 24.6 Å². The number of methoxy groups -OCH3 is 2. The lowest BCUT2D eigenvalue weighted by atomic mass is 9.98. The quantitative estimate of drug-likeness (QED) is 0.673. The Hall–Kier alpha value is -2.29. The molecule has 9 heteroatoms. The Morgan fingerprint density at radius 1 is 1.16 bits per heavy atom. The van der Waals surface area contributed by atoms with Crippen molar-refractivity contribution < 1.29 is 22.7 Å². The van der Waals surface area contributed by atoms with Gasteiger partial charge in [0.25, 0.3) is 0 Å². The molecule has 1 amide bonds. The average Bonchev–Trinajstić information content (AvgIpc) is 2.79. The molecule has 31 heavy (non-hydrogen) atoms. The summed E-state index contributed by atoms with van der Waals surface area (Å²) in [5, 5.41) is 3.62. The number of amides is 1. The maximum atomic E-state index is 13.3. The van der Waals surface area contributed by atoms with Crippen LogP contribution in [-0.4, -0.2) is 45.9 Å². The van der Waals surface area contributed by atoms with Gasteiger partial charge in [-0.05, 0) is 49.6 Å². The summed E-state index contributed by atoms with van der Waals surface area (Å²) < 4.78 is 38.4. The van der Waals surface area contributed by atoms with Crippen molar-refractivity contribution in [1.29, 1.82) is 0 Å². The molecule has 2 aromatic carbocycles. The lowest BCUT2D eigenvalue weighted by Crippen LogP contribution is -2.45. The zero-order valence-corrected chi connectivity index (χ0v) is 19.4. The van der Waals surface area contributed by atoms with E-state index in [0.29, 0.717) is 30.2 Å². The van der Waals surface area contributed by atoms with E-state index in [9.17, 15) is 13.2 Å². The second-order valence-electron chi connectivity index (χ2n) is 7.50. The van der Waals surface area contributed by atoms with Gasteiger partial charge >= 0.3 is 0 Å². The first-order chi connectivity index (χ1) is 14.8. The normalized spacial score (nSPS) is 18.3. The molecular weight excluding hydrogens is 440 g/mol. The molecular formula is C22H27ClN2O5S. The molecule has 0 aliphatic carbocycles. The molecule has 1 aliphatic heterocycles. The third-order valence-corrected chi connectivity index (χ3v) is 7.61. The summed E-state index contributed by atoms with van der Waals surface area (Å²) in [5.41, 5.74) is 0.930. The molecule has 0 aromatic heterocycles. The van der Waals surface area contributed by atoms with Crippen molar-refractivity contribution in [2.24, 2.45) is 5.92 Å². The van der Waals surface area contributed by atoms with Crippen molar-refractivity contribution in [2.45, 2.75) is 30.7 Å². The molecule has 7 nitrogen and oxygen atoms in total. The van der Waals surface area contributed by atoms with Gasteiger partial charge in [0, 0.05) is 24.2 Å². The van der Waals surface area contributed by atoms with Crippen LogP contribution in [0.4, 0.5) is 0 Å². The minimum absolute atomic E-state index is 0.0324. The van der Waals surface area contributed by atoms with Crippen LogP contribution < -0.4 is 14.8 Å². The predicted octanol–water partition coefficient (Wildman–Crippen LogP) is 3.64. The van der Waals surface area contributed by atoms with Gasteiger partial charge in [-0.1, -0.05) is 23.7 Å². The Morgan fingerprint density at radius 3 is 2.52 bits per heavy atom. The van der Waals surface area contributed by atoms with Crippen LogP contribution in [0.5, 0.6) is 11.5 Å². The average molecular weight is 467 g/mol. The lowest BCUT2D eigenvalue weighted by molar-refractivity contribution is -0.126. The summed E-state index contributed by atoms with van der Waals surface area (Å²) in [5.74, 6) is 0.0565. The van der Waals surface area contributed by atoms with Crippen LogP contribution in [0.25, 0.3) is 0 Å². The fourth-order valence-corrected chi connectivity index (χ4v) is 5.49. The number of sulfonamides is 1. The number of carbonyl (C=O) groups excluding carboxylic acids is 1. The predicted molar refractivity (Wildman–Crippen MR) is 119 cm³/mol. The second kappa shape index (κ2) is 9.89. The number of benzene rings is 2. The van der Waals surface area contributed by atoms with Gasteiger partial charge in [-0.3, -0.25) is 4.79 Å². The van der Waals surface area contributed by atoms with E-state index in [1.807, 2.05) is 19.1 Å². The van der Waals surface area contributed by atoms with E-state index in [2.05, 4.69) is 5.32 Å². The van der Waals surface area contributed by atoms with Crippen molar-refractivity contribution in [3.05, 3.63) is 53.1 Å². The number of carbonyl (C=O) groups is 1. The number of halogens is 1. The molecule has 1 N–H and O–H groups in total. The summed E-state index contributed by atoms with van der Waals surface area (Å²) in [6.45, 7) is 2.35. The van der Waals surface area contributed by atoms with Crippen LogP contribution in [-0.2, 0) is 14.8 Å². The third kappa shape index (κ3) is 5.31. The van der Waals surface area contributed by atoms with E-state index in [4.69, 9.17) is 21.1 Å². The fourth-order valence-electron chi connectivity index (χ4n) is 3.67. The molecule has 3 rings (SSSR count). The number of piperidine rings is 1. The van der Waals surface area contributed by atoms with Gasteiger partial charge in [-0.15, -0.1) is 0 Å². The highest BCUT2D eigenvalue weighted by atomic mass is 35.5. The van der Waals surface area contributed by atoms with Gasteiger partial charge in [0.1, 0.15) is 16.4 Å². The summed E-state index contributed by atoms with van der Waals surface area (Å²) in [6.07, 6.45) is 1.22. The monoisotopic (exact) mass is 466 g/mol. The van der Waals surface area contributed by atoms with Crippen LogP contribution in [0.1, 0.15) is 31.4 Å². The Bertz CT molecular complexity index is 1030. The topological polar surface area (TPSA) is 84.9 Å². The summed E-state index contributed by atoms with van der Waals surface area (Å²) in [7, 11) is -0.960. The number of rotatable bonds is 7. The number of nitrogens with one attached hydrogen (secondary N) is 1. The van der Waals surface area contributed by atoms with E-state index in [1.54, 1.807) is 24.3 Å². The van der Waals surface area contributed by atoms with Crippen LogP contribution in [0.2, 0.25) is 5.02 Å². The first-order valence-electron chi connectivity index (χ1n) is 10.0. The highest BCUT2D eigenvalue weighted by molar-refractivity contribution is 7.89. The molecule has 168 valence electrons. The van der Waals surface area contributed by atoms with E-state index < -0.39 is 15.9 Å². The van der Waals surface area contributed by atoms with Gasteiger partial charge < -0.3 is 14.8 Å².